The van der Waals surface area contributed by atoms with E-state index < -0.39 is 0 Å². The molecule has 0 bridgehead atoms. The van der Waals surface area contributed by atoms with Crippen molar-refractivity contribution in [2.24, 2.45) is 0 Å². The van der Waals surface area contributed by atoms with Crippen LogP contribution in [-0.2, 0) is 0 Å². The molecule has 0 saturated heterocycles. The zero-order valence-electron chi connectivity index (χ0n) is 29.6. The van der Waals surface area contributed by atoms with Crippen LogP contribution >= 0.6 is 0 Å². The van der Waals surface area contributed by atoms with Gasteiger partial charge in [0.15, 0.2) is 0 Å². The summed E-state index contributed by atoms with van der Waals surface area (Å²) >= 11 is 0. The SMILES string of the molecule is c1ccc(-c2ccc(-c3ccc(-c4ccc(N(c5ccc(-c6cccc7c6oc6ccccc67)cc5)c5ccc6ccccc6c5)cc4)cc3)cc2)cc1. The molecule has 1 aromatic heterocycles. The number of furan rings is 1. The zero-order chi connectivity index (χ0) is 35.8. The third-order valence-electron chi connectivity index (χ3n) is 10.5. The van der Waals surface area contributed by atoms with Crippen LogP contribution in [0.15, 0.2) is 217 Å². The van der Waals surface area contributed by atoms with Crippen molar-refractivity contribution < 1.29 is 4.42 Å². The van der Waals surface area contributed by atoms with Gasteiger partial charge in [-0.15, -0.1) is 0 Å². The third kappa shape index (κ3) is 5.81. The predicted molar refractivity (Wildman–Crippen MR) is 228 cm³/mol. The van der Waals surface area contributed by atoms with E-state index in [4.69, 9.17) is 4.42 Å². The van der Waals surface area contributed by atoms with Crippen LogP contribution in [0.5, 0.6) is 0 Å². The largest absolute Gasteiger partial charge is 0.455 e. The summed E-state index contributed by atoms with van der Waals surface area (Å²) in [6.45, 7) is 0. The fourth-order valence-corrected chi connectivity index (χ4v) is 7.67. The van der Waals surface area contributed by atoms with Gasteiger partial charge in [0.2, 0.25) is 0 Å². The first-order chi connectivity index (χ1) is 26.7. The second-order valence-corrected chi connectivity index (χ2v) is 13.8. The number of para-hydroxylation sites is 2. The molecule has 0 aliphatic carbocycles. The molecule has 1 heterocycles. The summed E-state index contributed by atoms with van der Waals surface area (Å²) < 4.78 is 6.38. The van der Waals surface area contributed by atoms with Crippen molar-refractivity contribution in [1.29, 1.82) is 0 Å². The Morgan fingerprint density at radius 1 is 0.296 bits per heavy atom. The van der Waals surface area contributed by atoms with Crippen molar-refractivity contribution >= 4 is 49.8 Å². The van der Waals surface area contributed by atoms with Gasteiger partial charge in [0, 0.05) is 33.4 Å². The van der Waals surface area contributed by atoms with E-state index in [1.807, 2.05) is 12.1 Å². The summed E-state index contributed by atoms with van der Waals surface area (Å²) in [6, 6.07) is 75.8. The highest BCUT2D eigenvalue weighted by atomic mass is 16.3. The van der Waals surface area contributed by atoms with Crippen molar-refractivity contribution in [1.82, 2.24) is 0 Å². The lowest BCUT2D eigenvalue weighted by Crippen LogP contribution is -2.09. The lowest BCUT2D eigenvalue weighted by molar-refractivity contribution is 0.670. The van der Waals surface area contributed by atoms with Gasteiger partial charge in [-0.3, -0.25) is 0 Å². The Labute approximate surface area is 314 Å². The second kappa shape index (κ2) is 13.4. The van der Waals surface area contributed by atoms with E-state index >= 15 is 0 Å². The fraction of sp³-hybridized carbons (Fsp3) is 0. The van der Waals surface area contributed by atoms with Crippen molar-refractivity contribution in [2.75, 3.05) is 4.90 Å². The molecule has 2 nitrogen and oxygen atoms in total. The van der Waals surface area contributed by atoms with E-state index in [2.05, 4.69) is 205 Å². The topological polar surface area (TPSA) is 16.4 Å². The van der Waals surface area contributed by atoms with Crippen molar-refractivity contribution in [3.63, 3.8) is 0 Å². The van der Waals surface area contributed by atoms with Crippen molar-refractivity contribution in [3.8, 4) is 44.5 Å². The molecule has 10 rings (SSSR count). The average Bonchev–Trinajstić information content (AvgIpc) is 3.64. The molecule has 54 heavy (non-hydrogen) atoms. The van der Waals surface area contributed by atoms with Crippen molar-refractivity contribution in [2.45, 2.75) is 0 Å². The maximum Gasteiger partial charge on any atom is 0.143 e. The molecule has 0 aliphatic heterocycles. The number of hydrogen-bond donors (Lipinski definition) is 0. The number of hydrogen-bond acceptors (Lipinski definition) is 2. The molecule has 0 atom stereocenters. The van der Waals surface area contributed by atoms with Crippen LogP contribution in [-0.4, -0.2) is 0 Å². The number of anilines is 3. The maximum absolute atomic E-state index is 6.38. The number of benzene rings is 9. The lowest BCUT2D eigenvalue weighted by atomic mass is 9.98. The maximum atomic E-state index is 6.38. The zero-order valence-corrected chi connectivity index (χ0v) is 29.6. The molecule has 0 fully saturated rings. The van der Waals surface area contributed by atoms with E-state index in [9.17, 15) is 0 Å². The van der Waals surface area contributed by atoms with Crippen LogP contribution in [0.1, 0.15) is 0 Å². The molecule has 0 radical (unpaired) electrons. The highest BCUT2D eigenvalue weighted by molar-refractivity contribution is 6.09. The van der Waals surface area contributed by atoms with Gasteiger partial charge >= 0.3 is 0 Å². The molecule has 0 spiro atoms. The molecule has 9 aromatic carbocycles. The minimum atomic E-state index is 0.910. The Balaban J connectivity index is 0.969. The van der Waals surface area contributed by atoms with E-state index in [0.717, 1.165) is 50.1 Å². The minimum Gasteiger partial charge on any atom is -0.455 e. The summed E-state index contributed by atoms with van der Waals surface area (Å²) in [4.78, 5) is 2.34. The predicted octanol–water partition coefficient (Wildman–Crippen LogP) is 14.9. The molecule has 0 aliphatic rings. The molecular formula is C52H35NO. The van der Waals surface area contributed by atoms with Crippen LogP contribution in [0.4, 0.5) is 17.1 Å². The van der Waals surface area contributed by atoms with Crippen LogP contribution in [0, 0.1) is 0 Å². The Morgan fingerprint density at radius 3 is 1.39 bits per heavy atom. The standard InChI is InChI=1S/C52H35NO/c1-2-9-36(10-3-1)38-17-19-39(20-18-38)40-21-23-41(24-22-40)42-25-30-45(31-26-42)53(47-34-27-37-11-4-5-12-44(37)35-47)46-32-28-43(29-33-46)48-14-8-15-50-49-13-6-7-16-51(49)54-52(48)50/h1-35H. The normalized spacial score (nSPS) is 11.3. The van der Waals surface area contributed by atoms with Crippen LogP contribution in [0.2, 0.25) is 0 Å². The second-order valence-electron chi connectivity index (χ2n) is 13.8. The molecule has 2 heteroatoms. The lowest BCUT2D eigenvalue weighted by Gasteiger charge is -2.26. The van der Waals surface area contributed by atoms with E-state index in [-0.39, 0.29) is 0 Å². The highest BCUT2D eigenvalue weighted by Crippen LogP contribution is 2.40. The van der Waals surface area contributed by atoms with Gasteiger partial charge in [0.1, 0.15) is 11.2 Å². The number of nitrogens with zero attached hydrogens (tertiary/aromatic N) is 1. The summed E-state index contributed by atoms with van der Waals surface area (Å²) in [7, 11) is 0. The molecule has 0 N–H and O–H groups in total. The van der Waals surface area contributed by atoms with E-state index in [1.54, 1.807) is 0 Å². The summed E-state index contributed by atoms with van der Waals surface area (Å²) in [6.07, 6.45) is 0. The van der Waals surface area contributed by atoms with Crippen molar-refractivity contribution in [3.05, 3.63) is 212 Å². The van der Waals surface area contributed by atoms with Gasteiger partial charge in [0.05, 0.1) is 0 Å². The molecule has 0 saturated carbocycles. The highest BCUT2D eigenvalue weighted by Gasteiger charge is 2.16. The molecule has 254 valence electrons. The summed E-state index contributed by atoms with van der Waals surface area (Å²) in [5.74, 6) is 0. The first kappa shape index (κ1) is 31.6. The monoisotopic (exact) mass is 689 g/mol. The Kier molecular flexibility index (Phi) is 7.85. The molecule has 0 amide bonds. The van der Waals surface area contributed by atoms with Crippen LogP contribution < -0.4 is 4.90 Å². The molecule has 0 unspecified atom stereocenters. The van der Waals surface area contributed by atoms with Crippen LogP contribution in [0.25, 0.3) is 77.2 Å². The third-order valence-corrected chi connectivity index (χ3v) is 10.5. The van der Waals surface area contributed by atoms with E-state index in [0.29, 0.717) is 0 Å². The van der Waals surface area contributed by atoms with E-state index in [1.165, 1.54) is 44.2 Å². The van der Waals surface area contributed by atoms with Gasteiger partial charge in [-0.05, 0) is 92.2 Å². The van der Waals surface area contributed by atoms with Gasteiger partial charge in [-0.2, -0.15) is 0 Å². The Hall–Kier alpha value is -7.16. The summed E-state index contributed by atoms with van der Waals surface area (Å²) in [5.41, 5.74) is 14.6. The summed E-state index contributed by atoms with van der Waals surface area (Å²) in [5, 5.41) is 4.71. The van der Waals surface area contributed by atoms with Gasteiger partial charge < -0.3 is 9.32 Å². The first-order valence-corrected chi connectivity index (χ1v) is 18.4. The number of fused-ring (bicyclic) bond motifs is 4. The smallest absolute Gasteiger partial charge is 0.143 e. The average molecular weight is 690 g/mol. The first-order valence-electron chi connectivity index (χ1n) is 18.4. The molecule has 10 aromatic rings. The number of rotatable bonds is 7. The fourth-order valence-electron chi connectivity index (χ4n) is 7.67. The van der Waals surface area contributed by atoms with Gasteiger partial charge in [-0.25, -0.2) is 0 Å². The van der Waals surface area contributed by atoms with Gasteiger partial charge in [0.25, 0.3) is 0 Å². The molecular weight excluding hydrogens is 655 g/mol. The Bertz CT molecular complexity index is 2890. The Morgan fingerprint density at radius 2 is 0.759 bits per heavy atom. The van der Waals surface area contributed by atoms with Gasteiger partial charge in [-0.1, -0.05) is 170 Å². The minimum absolute atomic E-state index is 0.910. The van der Waals surface area contributed by atoms with Crippen LogP contribution in [0.3, 0.4) is 0 Å². The quantitative estimate of drug-likeness (QED) is 0.166.